The van der Waals surface area contributed by atoms with Crippen LogP contribution >= 0.6 is 0 Å². The summed E-state index contributed by atoms with van der Waals surface area (Å²) < 4.78 is 10.9. The molecule has 0 spiro atoms. The minimum Gasteiger partial charge on any atom is -0.459 e. The molecule has 188 valence electrons. The van der Waals surface area contributed by atoms with Gasteiger partial charge < -0.3 is 14.8 Å². The van der Waals surface area contributed by atoms with Gasteiger partial charge in [0, 0.05) is 52.2 Å². The van der Waals surface area contributed by atoms with Crippen LogP contribution in [-0.4, -0.2) is 109 Å². The van der Waals surface area contributed by atoms with Crippen molar-refractivity contribution in [2.75, 3.05) is 65.4 Å². The number of nitrogens with zero attached hydrogens (tertiary/aromatic N) is 3. The van der Waals surface area contributed by atoms with Gasteiger partial charge in [0.1, 0.15) is 11.2 Å². The molecule has 33 heavy (non-hydrogen) atoms. The van der Waals surface area contributed by atoms with Gasteiger partial charge >= 0.3 is 11.9 Å². The molecule has 0 aliphatic carbocycles. The molecule has 9 nitrogen and oxygen atoms in total. The molecule has 1 aliphatic rings. The van der Waals surface area contributed by atoms with Crippen molar-refractivity contribution in [3.05, 3.63) is 0 Å². The van der Waals surface area contributed by atoms with Gasteiger partial charge in [0.25, 0.3) is 0 Å². The van der Waals surface area contributed by atoms with Crippen molar-refractivity contribution in [2.45, 2.75) is 59.2 Å². The Balaban J connectivity index is 2.82. The fraction of sp³-hybridized carbons (Fsp3) is 0.792. The van der Waals surface area contributed by atoms with E-state index in [2.05, 4.69) is 11.2 Å². The molecule has 1 aliphatic heterocycles. The van der Waals surface area contributed by atoms with Gasteiger partial charge in [-0.2, -0.15) is 0 Å². The predicted octanol–water partition coefficient (Wildman–Crippen LogP) is 0.729. The first-order chi connectivity index (χ1) is 15.3. The minimum atomic E-state index is -0.554. The molecule has 0 aromatic heterocycles. The Hall–Kier alpha value is -2.15. The lowest BCUT2D eigenvalue weighted by molar-refractivity contribution is -0.158. The third-order valence-electron chi connectivity index (χ3n) is 4.70. The van der Waals surface area contributed by atoms with Crippen molar-refractivity contribution in [1.82, 2.24) is 20.0 Å². The van der Waals surface area contributed by atoms with E-state index in [0.717, 1.165) is 0 Å². The summed E-state index contributed by atoms with van der Waals surface area (Å²) in [7, 11) is 0. The fourth-order valence-electron chi connectivity index (χ4n) is 3.30. The van der Waals surface area contributed by atoms with E-state index in [0.29, 0.717) is 52.2 Å². The molecule has 1 amide bonds. The molecule has 1 rings (SSSR count). The predicted molar refractivity (Wildman–Crippen MR) is 127 cm³/mol. The van der Waals surface area contributed by atoms with Crippen LogP contribution in [0.5, 0.6) is 0 Å². The molecular formula is C24H42N4O5. The van der Waals surface area contributed by atoms with Crippen molar-refractivity contribution in [2.24, 2.45) is 0 Å². The van der Waals surface area contributed by atoms with Gasteiger partial charge in [0.05, 0.1) is 19.6 Å². The van der Waals surface area contributed by atoms with E-state index in [-0.39, 0.29) is 37.5 Å². The molecule has 0 saturated carbocycles. The summed E-state index contributed by atoms with van der Waals surface area (Å²) in [6.07, 6.45) is 5.73. The van der Waals surface area contributed by atoms with E-state index in [1.807, 2.05) is 56.2 Å². The zero-order valence-electron chi connectivity index (χ0n) is 21.2. The number of carbonyl (C=O) groups is 3. The van der Waals surface area contributed by atoms with Crippen LogP contribution < -0.4 is 5.32 Å². The molecule has 1 fully saturated rings. The maximum absolute atomic E-state index is 12.4. The lowest BCUT2D eigenvalue weighted by Gasteiger charge is -2.27. The van der Waals surface area contributed by atoms with Gasteiger partial charge in [-0.05, 0) is 41.5 Å². The van der Waals surface area contributed by atoms with Crippen LogP contribution in [0.4, 0.5) is 0 Å². The largest absolute Gasteiger partial charge is 0.459 e. The number of hydrogen-bond acceptors (Lipinski definition) is 8. The maximum Gasteiger partial charge on any atom is 0.320 e. The number of terminal acetylenes is 1. The molecule has 1 saturated heterocycles. The van der Waals surface area contributed by atoms with E-state index in [4.69, 9.17) is 15.9 Å². The Bertz CT molecular complexity index is 648. The molecule has 0 aromatic carbocycles. The molecule has 1 heterocycles. The molecule has 0 atom stereocenters. The second-order valence-electron chi connectivity index (χ2n) is 10.3. The molecule has 0 radical (unpaired) electrons. The van der Waals surface area contributed by atoms with E-state index in [1.54, 1.807) is 0 Å². The lowest BCUT2D eigenvalue weighted by atomic mass is 10.2. The Morgan fingerprint density at radius 3 is 1.45 bits per heavy atom. The van der Waals surface area contributed by atoms with Crippen LogP contribution in [0.1, 0.15) is 48.0 Å². The normalized spacial score (nSPS) is 17.2. The standard InChI is InChI=1S/C24H42N4O5/c1-8-9-10-25-20(29)17-26-11-13-27(18-21(30)32-23(2,3)4)15-16-28(14-12-26)19-22(31)33-24(5,6)7/h1H,9-19H2,2-7H3,(H,25,29). The zero-order chi connectivity index (χ0) is 25.1. The number of hydrogen-bond donors (Lipinski definition) is 1. The number of rotatable bonds is 8. The number of ether oxygens (including phenoxy) is 2. The zero-order valence-corrected chi connectivity index (χ0v) is 21.2. The summed E-state index contributed by atoms with van der Waals surface area (Å²) in [6, 6.07) is 0. The lowest BCUT2D eigenvalue weighted by Crippen LogP contribution is -2.44. The highest BCUT2D eigenvalue weighted by Gasteiger charge is 2.24. The second-order valence-corrected chi connectivity index (χ2v) is 10.3. The maximum atomic E-state index is 12.4. The summed E-state index contributed by atoms with van der Waals surface area (Å²) in [4.78, 5) is 43.1. The van der Waals surface area contributed by atoms with Crippen molar-refractivity contribution in [3.63, 3.8) is 0 Å². The average molecular weight is 467 g/mol. The first-order valence-electron chi connectivity index (χ1n) is 11.6. The summed E-state index contributed by atoms with van der Waals surface area (Å²) in [6.45, 7) is 15.7. The summed E-state index contributed by atoms with van der Waals surface area (Å²) in [5, 5.41) is 2.82. The second kappa shape index (κ2) is 13.5. The van der Waals surface area contributed by atoms with Crippen LogP contribution in [0.2, 0.25) is 0 Å². The molecule has 1 N–H and O–H groups in total. The van der Waals surface area contributed by atoms with E-state index in [9.17, 15) is 14.4 Å². The number of nitrogens with one attached hydrogen (secondary N) is 1. The fourth-order valence-corrected chi connectivity index (χ4v) is 3.30. The third kappa shape index (κ3) is 14.6. The van der Waals surface area contributed by atoms with Crippen LogP contribution in [0.25, 0.3) is 0 Å². The van der Waals surface area contributed by atoms with Gasteiger partial charge in [-0.15, -0.1) is 12.3 Å². The third-order valence-corrected chi connectivity index (χ3v) is 4.70. The highest BCUT2D eigenvalue weighted by atomic mass is 16.6. The Morgan fingerprint density at radius 1 is 0.758 bits per heavy atom. The summed E-state index contributed by atoms with van der Waals surface area (Å²) in [5.74, 6) is 1.82. The van der Waals surface area contributed by atoms with Crippen LogP contribution in [0.3, 0.4) is 0 Å². The first kappa shape index (κ1) is 28.9. The Morgan fingerprint density at radius 2 is 1.12 bits per heavy atom. The molecule has 0 unspecified atom stereocenters. The quantitative estimate of drug-likeness (QED) is 0.318. The van der Waals surface area contributed by atoms with Crippen molar-refractivity contribution in [1.29, 1.82) is 0 Å². The van der Waals surface area contributed by atoms with Crippen LogP contribution in [0, 0.1) is 12.3 Å². The first-order valence-corrected chi connectivity index (χ1v) is 11.6. The Kier molecular flexibility index (Phi) is 11.8. The highest BCUT2D eigenvalue weighted by Crippen LogP contribution is 2.10. The van der Waals surface area contributed by atoms with Crippen LogP contribution in [0.15, 0.2) is 0 Å². The molecule has 9 heteroatoms. The van der Waals surface area contributed by atoms with Crippen LogP contribution in [-0.2, 0) is 23.9 Å². The van der Waals surface area contributed by atoms with Gasteiger partial charge in [0.2, 0.25) is 5.91 Å². The molecule has 0 aromatic rings. The molecular weight excluding hydrogens is 424 g/mol. The van der Waals surface area contributed by atoms with Gasteiger partial charge in [-0.3, -0.25) is 29.1 Å². The average Bonchev–Trinajstić information content (AvgIpc) is 2.71. The van der Waals surface area contributed by atoms with Crippen molar-refractivity contribution >= 4 is 17.8 Å². The Labute approximate surface area is 199 Å². The van der Waals surface area contributed by atoms with Gasteiger partial charge in [-0.25, -0.2) is 0 Å². The molecule has 0 bridgehead atoms. The smallest absolute Gasteiger partial charge is 0.320 e. The minimum absolute atomic E-state index is 0.0955. The SMILES string of the molecule is C#CCCNC(=O)CN1CCN(CC(=O)OC(C)(C)C)CCN(CC(=O)OC(C)(C)C)CC1. The van der Waals surface area contributed by atoms with E-state index >= 15 is 0 Å². The summed E-state index contributed by atoms with van der Waals surface area (Å²) in [5.41, 5.74) is -1.11. The summed E-state index contributed by atoms with van der Waals surface area (Å²) >= 11 is 0. The van der Waals surface area contributed by atoms with Crippen molar-refractivity contribution < 1.29 is 23.9 Å². The van der Waals surface area contributed by atoms with E-state index in [1.165, 1.54) is 0 Å². The van der Waals surface area contributed by atoms with Gasteiger partial charge in [-0.1, -0.05) is 0 Å². The topological polar surface area (TPSA) is 91.4 Å². The number of amides is 1. The number of carbonyl (C=O) groups excluding carboxylic acids is 3. The van der Waals surface area contributed by atoms with Gasteiger partial charge in [0.15, 0.2) is 0 Å². The highest BCUT2D eigenvalue weighted by molar-refractivity contribution is 5.78. The number of esters is 2. The van der Waals surface area contributed by atoms with E-state index < -0.39 is 11.2 Å². The monoisotopic (exact) mass is 466 g/mol. The van der Waals surface area contributed by atoms with Crippen molar-refractivity contribution in [3.8, 4) is 12.3 Å².